The summed E-state index contributed by atoms with van der Waals surface area (Å²) in [7, 11) is 2.02. The van der Waals surface area contributed by atoms with Gasteiger partial charge in [-0.15, -0.1) is 0 Å². The van der Waals surface area contributed by atoms with Gasteiger partial charge < -0.3 is 0 Å². The predicted octanol–water partition coefficient (Wildman–Crippen LogP) is 2.39. The monoisotopic (exact) mass is 164 g/mol. The summed E-state index contributed by atoms with van der Waals surface area (Å²) in [6.07, 6.45) is 7.59. The van der Waals surface area contributed by atoms with Gasteiger partial charge in [-0.3, -0.25) is 4.68 Å². The van der Waals surface area contributed by atoms with E-state index in [4.69, 9.17) is 0 Å². The highest BCUT2D eigenvalue weighted by atomic mass is 15.3. The molecule has 2 rings (SSSR count). The van der Waals surface area contributed by atoms with Crippen LogP contribution in [0.1, 0.15) is 42.9 Å². The topological polar surface area (TPSA) is 17.8 Å². The highest BCUT2D eigenvalue weighted by molar-refractivity contribution is 5.21. The smallest absolute Gasteiger partial charge is 0.0527 e. The number of aryl methyl sites for hydroxylation is 1. The van der Waals surface area contributed by atoms with Crippen molar-refractivity contribution in [3.05, 3.63) is 17.5 Å². The average molecular weight is 164 g/mol. The van der Waals surface area contributed by atoms with Gasteiger partial charge in [0.15, 0.2) is 0 Å². The van der Waals surface area contributed by atoms with Crippen LogP contribution in [0.15, 0.2) is 6.20 Å². The van der Waals surface area contributed by atoms with Crippen LogP contribution in [0.4, 0.5) is 0 Å². The van der Waals surface area contributed by atoms with Crippen molar-refractivity contribution in [1.82, 2.24) is 9.78 Å². The van der Waals surface area contributed by atoms with E-state index in [2.05, 4.69) is 12.0 Å². The number of nitrogens with zero attached hydrogens (tertiary/aromatic N) is 2. The highest BCUT2D eigenvalue weighted by Gasteiger charge is 2.20. The maximum absolute atomic E-state index is 4.28. The second-order valence-corrected chi connectivity index (χ2v) is 3.79. The Balaban J connectivity index is 2.26. The molecule has 0 bridgehead atoms. The molecule has 0 N–H and O–H groups in total. The van der Waals surface area contributed by atoms with Crippen molar-refractivity contribution in [1.29, 1.82) is 0 Å². The van der Waals surface area contributed by atoms with Crippen LogP contribution in [0.25, 0.3) is 0 Å². The van der Waals surface area contributed by atoms with Gasteiger partial charge >= 0.3 is 0 Å². The van der Waals surface area contributed by atoms with Crippen LogP contribution in [-0.4, -0.2) is 9.78 Å². The van der Waals surface area contributed by atoms with Crippen molar-refractivity contribution < 1.29 is 0 Å². The van der Waals surface area contributed by atoms with Crippen LogP contribution in [0.5, 0.6) is 0 Å². The Morgan fingerprint density at radius 2 is 2.08 bits per heavy atom. The van der Waals surface area contributed by atoms with Crippen molar-refractivity contribution in [2.24, 2.45) is 7.05 Å². The third-order valence-corrected chi connectivity index (χ3v) is 3.07. The van der Waals surface area contributed by atoms with E-state index >= 15 is 0 Å². The third kappa shape index (κ3) is 1.15. The first kappa shape index (κ1) is 7.84. The van der Waals surface area contributed by atoms with Gasteiger partial charge in [0.05, 0.1) is 6.20 Å². The molecular weight excluding hydrogens is 148 g/mol. The quantitative estimate of drug-likeness (QED) is 0.623. The van der Waals surface area contributed by atoms with E-state index in [1.165, 1.54) is 36.9 Å². The van der Waals surface area contributed by atoms with Crippen LogP contribution in [0.2, 0.25) is 0 Å². The van der Waals surface area contributed by atoms with Crippen LogP contribution in [0, 0.1) is 6.92 Å². The van der Waals surface area contributed by atoms with Gasteiger partial charge in [0, 0.05) is 12.7 Å². The standard InChI is InChI=1S/C10H16N2/c1-8-10(7-11-12(8)2)9-5-3-4-6-9/h7,9H,3-6H2,1-2H3. The van der Waals surface area contributed by atoms with E-state index < -0.39 is 0 Å². The molecule has 12 heavy (non-hydrogen) atoms. The lowest BCUT2D eigenvalue weighted by Gasteiger charge is -2.07. The third-order valence-electron chi connectivity index (χ3n) is 3.07. The Morgan fingerprint density at radius 1 is 1.42 bits per heavy atom. The lowest BCUT2D eigenvalue weighted by Crippen LogP contribution is -1.97. The fourth-order valence-electron chi connectivity index (χ4n) is 2.15. The molecule has 0 atom stereocenters. The molecule has 1 aliphatic carbocycles. The normalized spacial score (nSPS) is 18.8. The number of aromatic nitrogens is 2. The van der Waals surface area contributed by atoms with Gasteiger partial charge in [0.1, 0.15) is 0 Å². The van der Waals surface area contributed by atoms with Crippen LogP contribution in [-0.2, 0) is 7.05 Å². The first-order valence-corrected chi connectivity index (χ1v) is 4.77. The Morgan fingerprint density at radius 3 is 2.58 bits per heavy atom. The minimum absolute atomic E-state index is 0.804. The summed E-state index contributed by atoms with van der Waals surface area (Å²) in [4.78, 5) is 0. The molecule has 1 aromatic rings. The number of hydrogen-bond acceptors (Lipinski definition) is 1. The largest absolute Gasteiger partial charge is 0.273 e. The molecule has 1 aliphatic rings. The molecule has 66 valence electrons. The van der Waals surface area contributed by atoms with Gasteiger partial charge in [-0.1, -0.05) is 12.8 Å². The van der Waals surface area contributed by atoms with Gasteiger partial charge in [-0.2, -0.15) is 5.10 Å². The Hall–Kier alpha value is -0.790. The molecule has 0 aliphatic heterocycles. The molecule has 0 unspecified atom stereocenters. The lowest BCUT2D eigenvalue weighted by atomic mass is 9.99. The first-order chi connectivity index (χ1) is 5.79. The summed E-state index contributed by atoms with van der Waals surface area (Å²) >= 11 is 0. The van der Waals surface area contributed by atoms with Crippen LogP contribution >= 0.6 is 0 Å². The van der Waals surface area contributed by atoms with Gasteiger partial charge in [0.25, 0.3) is 0 Å². The second-order valence-electron chi connectivity index (χ2n) is 3.79. The average Bonchev–Trinajstić information content (AvgIpc) is 2.64. The van der Waals surface area contributed by atoms with E-state index in [0.717, 1.165) is 5.92 Å². The number of rotatable bonds is 1. The van der Waals surface area contributed by atoms with Gasteiger partial charge in [-0.05, 0) is 31.2 Å². The molecule has 2 heteroatoms. The molecule has 1 heterocycles. The summed E-state index contributed by atoms with van der Waals surface area (Å²) < 4.78 is 1.98. The molecule has 1 saturated carbocycles. The second kappa shape index (κ2) is 2.92. The zero-order valence-corrected chi connectivity index (χ0v) is 7.88. The zero-order chi connectivity index (χ0) is 8.55. The Labute approximate surface area is 73.6 Å². The van der Waals surface area contributed by atoms with Gasteiger partial charge in [0.2, 0.25) is 0 Å². The van der Waals surface area contributed by atoms with Crippen molar-refractivity contribution in [3.63, 3.8) is 0 Å². The van der Waals surface area contributed by atoms with Crippen molar-refractivity contribution in [2.45, 2.75) is 38.5 Å². The minimum atomic E-state index is 0.804. The lowest BCUT2D eigenvalue weighted by molar-refractivity contribution is 0.701. The highest BCUT2D eigenvalue weighted by Crippen LogP contribution is 2.35. The van der Waals surface area contributed by atoms with Crippen LogP contribution < -0.4 is 0 Å². The van der Waals surface area contributed by atoms with E-state index in [-0.39, 0.29) is 0 Å². The fraction of sp³-hybridized carbons (Fsp3) is 0.700. The van der Waals surface area contributed by atoms with E-state index in [1.807, 2.05) is 17.9 Å². The molecule has 1 fully saturated rings. The molecule has 0 aromatic carbocycles. The molecule has 0 radical (unpaired) electrons. The molecule has 0 amide bonds. The predicted molar refractivity (Wildman–Crippen MR) is 49.2 cm³/mol. The molecule has 0 spiro atoms. The Kier molecular flexibility index (Phi) is 1.91. The van der Waals surface area contributed by atoms with E-state index in [0.29, 0.717) is 0 Å². The molecule has 0 saturated heterocycles. The van der Waals surface area contributed by atoms with Gasteiger partial charge in [-0.25, -0.2) is 0 Å². The van der Waals surface area contributed by atoms with Crippen molar-refractivity contribution in [3.8, 4) is 0 Å². The Bertz CT molecular complexity index is 269. The first-order valence-electron chi connectivity index (χ1n) is 4.77. The molecule has 2 nitrogen and oxygen atoms in total. The SMILES string of the molecule is Cc1c(C2CCCC2)cnn1C. The van der Waals surface area contributed by atoms with Crippen molar-refractivity contribution in [2.75, 3.05) is 0 Å². The minimum Gasteiger partial charge on any atom is -0.273 e. The maximum atomic E-state index is 4.28. The summed E-state index contributed by atoms with van der Waals surface area (Å²) in [5.74, 6) is 0.804. The fourth-order valence-corrected chi connectivity index (χ4v) is 2.15. The van der Waals surface area contributed by atoms with E-state index in [1.54, 1.807) is 0 Å². The molecule has 1 aromatic heterocycles. The van der Waals surface area contributed by atoms with Crippen molar-refractivity contribution >= 4 is 0 Å². The summed E-state index contributed by atoms with van der Waals surface area (Å²) in [5.41, 5.74) is 2.83. The zero-order valence-electron chi connectivity index (χ0n) is 7.88. The van der Waals surface area contributed by atoms with Crippen LogP contribution in [0.3, 0.4) is 0 Å². The maximum Gasteiger partial charge on any atom is 0.0527 e. The number of hydrogen-bond donors (Lipinski definition) is 0. The van der Waals surface area contributed by atoms with E-state index in [9.17, 15) is 0 Å². The summed E-state index contributed by atoms with van der Waals surface area (Å²) in [5, 5.41) is 4.28. The molecular formula is C10H16N2. The summed E-state index contributed by atoms with van der Waals surface area (Å²) in [6, 6.07) is 0. The summed E-state index contributed by atoms with van der Waals surface area (Å²) in [6.45, 7) is 2.17.